The van der Waals surface area contributed by atoms with E-state index in [0.29, 0.717) is 35.5 Å². The van der Waals surface area contributed by atoms with Crippen LogP contribution >= 0.6 is 0 Å². The van der Waals surface area contributed by atoms with Gasteiger partial charge in [-0.3, -0.25) is 0 Å². The molecular formula is C54H52. The SMILES string of the molecule is CCCC1CC(C2=c3ccccc3=C(C3=CC=C(C4=c5ccccc5=C(C5=CC=C6C=CCCC6C5)C5C=CC=CC45)CC3)C3C=CC=CC23)=CC=C1C. The first-order valence-electron chi connectivity index (χ1n) is 20.9. The van der Waals surface area contributed by atoms with E-state index in [0.717, 1.165) is 25.7 Å². The molecule has 2 aromatic carbocycles. The Morgan fingerprint density at radius 1 is 0.537 bits per heavy atom. The van der Waals surface area contributed by atoms with Crippen molar-refractivity contribution < 1.29 is 0 Å². The summed E-state index contributed by atoms with van der Waals surface area (Å²) in [6.45, 7) is 4.66. The normalized spacial score (nSPS) is 29.1. The summed E-state index contributed by atoms with van der Waals surface area (Å²) in [6, 6.07) is 18.7. The van der Waals surface area contributed by atoms with Crippen LogP contribution in [0.2, 0.25) is 0 Å². The molecule has 0 aromatic heterocycles. The van der Waals surface area contributed by atoms with Crippen molar-refractivity contribution in [2.75, 3.05) is 0 Å². The Labute approximate surface area is 321 Å². The summed E-state index contributed by atoms with van der Waals surface area (Å²) in [4.78, 5) is 0. The highest BCUT2D eigenvalue weighted by Crippen LogP contribution is 2.48. The molecule has 0 saturated carbocycles. The lowest BCUT2D eigenvalue weighted by Crippen LogP contribution is -2.41. The summed E-state index contributed by atoms with van der Waals surface area (Å²) in [6.07, 6.45) is 48.1. The Kier molecular flexibility index (Phi) is 8.74. The van der Waals surface area contributed by atoms with Crippen molar-refractivity contribution in [3.8, 4) is 0 Å². The first kappa shape index (κ1) is 33.6. The molecule has 6 atom stereocenters. The minimum absolute atomic E-state index is 0.354. The molecule has 54 heavy (non-hydrogen) atoms. The van der Waals surface area contributed by atoms with Crippen LogP contribution < -0.4 is 20.9 Å². The molecule has 0 amide bonds. The van der Waals surface area contributed by atoms with Gasteiger partial charge in [-0.1, -0.05) is 165 Å². The van der Waals surface area contributed by atoms with Crippen molar-refractivity contribution in [1.82, 2.24) is 0 Å². The number of hydrogen-bond acceptors (Lipinski definition) is 0. The highest BCUT2D eigenvalue weighted by Gasteiger charge is 2.37. The van der Waals surface area contributed by atoms with E-state index in [4.69, 9.17) is 0 Å². The molecule has 10 rings (SSSR count). The van der Waals surface area contributed by atoms with E-state index in [1.807, 2.05) is 0 Å². The van der Waals surface area contributed by atoms with Gasteiger partial charge in [0.2, 0.25) is 0 Å². The fourth-order valence-electron chi connectivity index (χ4n) is 11.3. The molecule has 0 fully saturated rings. The van der Waals surface area contributed by atoms with Gasteiger partial charge in [0, 0.05) is 23.7 Å². The molecule has 6 unspecified atom stereocenters. The molecule has 2 aromatic rings. The van der Waals surface area contributed by atoms with Crippen LogP contribution in [0.5, 0.6) is 0 Å². The van der Waals surface area contributed by atoms with Crippen LogP contribution in [0.1, 0.15) is 65.2 Å². The van der Waals surface area contributed by atoms with Crippen molar-refractivity contribution in [3.63, 3.8) is 0 Å². The van der Waals surface area contributed by atoms with Crippen LogP contribution in [-0.2, 0) is 0 Å². The summed E-state index contributed by atoms with van der Waals surface area (Å²) in [7, 11) is 0. The van der Waals surface area contributed by atoms with Crippen molar-refractivity contribution in [2.24, 2.45) is 35.5 Å². The second-order valence-corrected chi connectivity index (χ2v) is 16.8. The second kappa shape index (κ2) is 14.0. The molecule has 8 aliphatic carbocycles. The quantitative estimate of drug-likeness (QED) is 0.282. The largest absolute Gasteiger partial charge is 0.0842 e. The summed E-state index contributed by atoms with van der Waals surface area (Å²) in [5.41, 5.74) is 15.4. The van der Waals surface area contributed by atoms with E-state index < -0.39 is 0 Å². The minimum atomic E-state index is 0.354. The summed E-state index contributed by atoms with van der Waals surface area (Å²) < 4.78 is 0. The Morgan fingerprint density at radius 2 is 1.00 bits per heavy atom. The lowest BCUT2D eigenvalue weighted by atomic mass is 9.65. The summed E-state index contributed by atoms with van der Waals surface area (Å²) >= 11 is 0. The average Bonchev–Trinajstić information content (AvgIpc) is 3.23. The van der Waals surface area contributed by atoms with Gasteiger partial charge >= 0.3 is 0 Å². The third kappa shape index (κ3) is 5.64. The minimum Gasteiger partial charge on any atom is -0.0842 e. The van der Waals surface area contributed by atoms with Gasteiger partial charge in [-0.2, -0.15) is 0 Å². The predicted molar refractivity (Wildman–Crippen MR) is 228 cm³/mol. The Morgan fingerprint density at radius 3 is 1.50 bits per heavy atom. The van der Waals surface area contributed by atoms with Crippen LogP contribution in [0.15, 0.2) is 179 Å². The highest BCUT2D eigenvalue weighted by atomic mass is 14.4. The van der Waals surface area contributed by atoms with E-state index in [2.05, 4.69) is 160 Å². The van der Waals surface area contributed by atoms with Crippen LogP contribution in [0.3, 0.4) is 0 Å². The van der Waals surface area contributed by atoms with E-state index in [1.165, 1.54) is 63.3 Å². The molecule has 0 bridgehead atoms. The van der Waals surface area contributed by atoms with Gasteiger partial charge in [-0.05, 0) is 135 Å². The average molecular weight is 701 g/mol. The van der Waals surface area contributed by atoms with Crippen molar-refractivity contribution >= 4 is 22.3 Å². The summed E-state index contributed by atoms with van der Waals surface area (Å²) in [5.74, 6) is 2.74. The van der Waals surface area contributed by atoms with Crippen LogP contribution in [0.4, 0.5) is 0 Å². The molecule has 0 heteroatoms. The van der Waals surface area contributed by atoms with Crippen LogP contribution in [0.25, 0.3) is 22.3 Å². The van der Waals surface area contributed by atoms with Gasteiger partial charge in [0.15, 0.2) is 0 Å². The fourth-order valence-corrected chi connectivity index (χ4v) is 11.3. The first-order valence-corrected chi connectivity index (χ1v) is 20.9. The van der Waals surface area contributed by atoms with Crippen LogP contribution in [-0.4, -0.2) is 0 Å². The maximum Gasteiger partial charge on any atom is 0.0134 e. The van der Waals surface area contributed by atoms with E-state index in [1.54, 1.807) is 39.0 Å². The first-order chi connectivity index (χ1) is 26.7. The molecule has 0 heterocycles. The van der Waals surface area contributed by atoms with Gasteiger partial charge in [0.05, 0.1) is 0 Å². The van der Waals surface area contributed by atoms with E-state index in [-0.39, 0.29) is 0 Å². The third-order valence-electron chi connectivity index (χ3n) is 13.9. The molecular weight excluding hydrogens is 649 g/mol. The smallest absolute Gasteiger partial charge is 0.0134 e. The van der Waals surface area contributed by atoms with Gasteiger partial charge < -0.3 is 0 Å². The van der Waals surface area contributed by atoms with Gasteiger partial charge in [-0.15, -0.1) is 0 Å². The number of hydrogen-bond donors (Lipinski definition) is 0. The zero-order valence-electron chi connectivity index (χ0n) is 32.0. The topological polar surface area (TPSA) is 0 Å². The van der Waals surface area contributed by atoms with Gasteiger partial charge in [-0.25, -0.2) is 0 Å². The molecule has 0 aliphatic heterocycles. The van der Waals surface area contributed by atoms with Crippen molar-refractivity contribution in [3.05, 3.63) is 200 Å². The summed E-state index contributed by atoms with van der Waals surface area (Å²) in [5, 5.41) is 5.78. The Bertz CT molecular complexity index is 2540. The zero-order chi connectivity index (χ0) is 36.2. The molecule has 0 nitrogen and oxygen atoms in total. The predicted octanol–water partition coefficient (Wildman–Crippen LogP) is 10.3. The number of allylic oxidation sites excluding steroid dienone is 22. The molecule has 268 valence electrons. The lowest BCUT2D eigenvalue weighted by molar-refractivity contribution is 0.540. The monoisotopic (exact) mass is 700 g/mol. The zero-order valence-corrected chi connectivity index (χ0v) is 32.0. The number of fused-ring (bicyclic) bond motifs is 5. The fraction of sp³-hybridized carbons (Fsp3) is 0.296. The van der Waals surface area contributed by atoms with Gasteiger partial charge in [0.25, 0.3) is 0 Å². The maximum absolute atomic E-state index is 2.52. The highest BCUT2D eigenvalue weighted by molar-refractivity contribution is 5.84. The molecule has 8 aliphatic rings. The Hall–Kier alpha value is -4.94. The van der Waals surface area contributed by atoms with Crippen molar-refractivity contribution in [1.29, 1.82) is 0 Å². The van der Waals surface area contributed by atoms with E-state index in [9.17, 15) is 0 Å². The van der Waals surface area contributed by atoms with Gasteiger partial charge in [0.1, 0.15) is 0 Å². The van der Waals surface area contributed by atoms with E-state index >= 15 is 0 Å². The standard InChI is InChI=1S/C54H52/c1-3-14-39-33-41(26-25-35(39)2)53-47-21-10-6-17-43(47)51(44-18-7-11-22-48(44)53)37-28-30-38(31-29-37)52-45-19-8-12-23-49(45)54(50-24-13-9-20-46(50)52)42-32-27-36-15-4-5-16-40(36)34-42/h4,6-13,15,17-28,30,32,39-40,43,45,47,49H,3,5,14,16,29,31,33-34H2,1-2H3. The molecule has 0 spiro atoms. The Balaban J connectivity index is 1.12. The third-order valence-corrected chi connectivity index (χ3v) is 13.9. The molecule has 0 saturated heterocycles. The molecule has 0 radical (unpaired) electrons. The number of rotatable bonds is 6. The van der Waals surface area contributed by atoms with Crippen LogP contribution in [0, 0.1) is 35.5 Å². The number of benzene rings is 2. The molecule has 0 N–H and O–H groups in total. The van der Waals surface area contributed by atoms with Crippen molar-refractivity contribution in [2.45, 2.75) is 65.2 Å². The second-order valence-electron chi connectivity index (χ2n) is 16.8. The maximum atomic E-state index is 2.52. The lowest BCUT2D eigenvalue weighted by Gasteiger charge is -2.38.